The molecule has 80 valence electrons. The first-order valence-electron chi connectivity index (χ1n) is 5.34. The predicted octanol–water partition coefficient (Wildman–Crippen LogP) is 0.880. The minimum absolute atomic E-state index is 0.145. The first kappa shape index (κ1) is 10.3. The minimum atomic E-state index is -0.145. The Bertz CT molecular complexity index is 222. The normalized spacial score (nSPS) is 25.8. The van der Waals surface area contributed by atoms with Crippen molar-refractivity contribution in [2.75, 3.05) is 11.5 Å². The maximum atomic E-state index is 11.6. The summed E-state index contributed by atoms with van der Waals surface area (Å²) >= 11 is 1.98. The van der Waals surface area contributed by atoms with E-state index in [2.05, 4.69) is 5.32 Å². The van der Waals surface area contributed by atoms with Crippen LogP contribution >= 0.6 is 11.8 Å². The highest BCUT2D eigenvalue weighted by atomic mass is 32.2. The van der Waals surface area contributed by atoms with Crippen LogP contribution in [0.3, 0.4) is 0 Å². The molecule has 1 aliphatic carbocycles. The fraction of sp³-hybridized carbons (Fsp3) is 0.900. The van der Waals surface area contributed by atoms with Gasteiger partial charge in [-0.05, 0) is 37.2 Å². The second-order valence-corrected chi connectivity index (χ2v) is 5.72. The summed E-state index contributed by atoms with van der Waals surface area (Å²) in [6, 6.07) is 0.408. The van der Waals surface area contributed by atoms with Crippen LogP contribution in [0.2, 0.25) is 0 Å². The zero-order valence-corrected chi connectivity index (χ0v) is 9.24. The Morgan fingerprint density at radius 2 is 2.07 bits per heavy atom. The van der Waals surface area contributed by atoms with Gasteiger partial charge in [-0.25, -0.2) is 0 Å². The second-order valence-electron chi connectivity index (χ2n) is 4.49. The van der Waals surface area contributed by atoms with E-state index in [0.717, 1.165) is 25.7 Å². The van der Waals surface area contributed by atoms with E-state index in [1.54, 1.807) is 0 Å². The van der Waals surface area contributed by atoms with Crippen molar-refractivity contribution in [2.24, 2.45) is 5.73 Å². The highest BCUT2D eigenvalue weighted by molar-refractivity contribution is 7.99. The molecule has 4 heteroatoms. The fourth-order valence-electron chi connectivity index (χ4n) is 1.78. The largest absolute Gasteiger partial charge is 0.353 e. The maximum Gasteiger partial charge on any atom is 0.222 e. The van der Waals surface area contributed by atoms with Crippen molar-refractivity contribution in [3.8, 4) is 0 Å². The van der Waals surface area contributed by atoms with Gasteiger partial charge >= 0.3 is 0 Å². The Morgan fingerprint density at radius 3 is 2.64 bits per heavy atom. The van der Waals surface area contributed by atoms with E-state index in [9.17, 15) is 4.79 Å². The molecule has 2 fully saturated rings. The molecule has 1 saturated heterocycles. The summed E-state index contributed by atoms with van der Waals surface area (Å²) in [7, 11) is 0. The molecule has 0 atom stereocenters. The first-order chi connectivity index (χ1) is 6.68. The van der Waals surface area contributed by atoms with Crippen LogP contribution in [-0.2, 0) is 4.79 Å². The van der Waals surface area contributed by atoms with Gasteiger partial charge in [0, 0.05) is 18.0 Å². The molecular formula is C10H18N2OS. The Hall–Kier alpha value is -0.220. The van der Waals surface area contributed by atoms with Gasteiger partial charge < -0.3 is 11.1 Å². The number of nitrogens with one attached hydrogen (secondary N) is 1. The van der Waals surface area contributed by atoms with E-state index in [4.69, 9.17) is 5.73 Å². The molecule has 2 rings (SSSR count). The van der Waals surface area contributed by atoms with E-state index in [1.807, 2.05) is 11.8 Å². The third-order valence-corrected chi connectivity index (χ3v) is 4.04. The van der Waals surface area contributed by atoms with Gasteiger partial charge in [-0.15, -0.1) is 0 Å². The van der Waals surface area contributed by atoms with Crippen molar-refractivity contribution < 1.29 is 4.79 Å². The SMILES string of the molecule is NC1(CC(=O)NC2CCSCC2)CC1. The van der Waals surface area contributed by atoms with E-state index >= 15 is 0 Å². The lowest BCUT2D eigenvalue weighted by atomic mass is 10.1. The number of hydrogen-bond donors (Lipinski definition) is 2. The number of carbonyl (C=O) groups excluding carboxylic acids is 1. The summed E-state index contributed by atoms with van der Waals surface area (Å²) in [5, 5.41) is 3.08. The van der Waals surface area contributed by atoms with Crippen LogP contribution in [-0.4, -0.2) is 29.0 Å². The molecule has 1 aliphatic heterocycles. The van der Waals surface area contributed by atoms with E-state index in [-0.39, 0.29) is 11.4 Å². The third-order valence-electron chi connectivity index (χ3n) is 2.99. The van der Waals surface area contributed by atoms with Crippen LogP contribution in [0.5, 0.6) is 0 Å². The summed E-state index contributed by atoms with van der Waals surface area (Å²) in [6.07, 6.45) is 4.79. The molecule has 14 heavy (non-hydrogen) atoms. The molecule has 1 heterocycles. The quantitative estimate of drug-likeness (QED) is 0.733. The van der Waals surface area contributed by atoms with Crippen LogP contribution in [0.15, 0.2) is 0 Å². The van der Waals surface area contributed by atoms with Crippen molar-refractivity contribution in [1.82, 2.24) is 5.32 Å². The lowest BCUT2D eigenvalue weighted by molar-refractivity contribution is -0.122. The topological polar surface area (TPSA) is 55.1 Å². The highest BCUT2D eigenvalue weighted by Gasteiger charge is 2.40. The summed E-state index contributed by atoms with van der Waals surface area (Å²) in [5.74, 6) is 2.51. The second kappa shape index (κ2) is 4.11. The van der Waals surface area contributed by atoms with Gasteiger partial charge in [-0.3, -0.25) is 4.79 Å². The van der Waals surface area contributed by atoms with Gasteiger partial charge in [0.15, 0.2) is 0 Å². The lowest BCUT2D eigenvalue weighted by Crippen LogP contribution is -2.40. The molecule has 0 aromatic carbocycles. The zero-order chi connectivity index (χ0) is 10.0. The van der Waals surface area contributed by atoms with Gasteiger partial charge in [0.2, 0.25) is 5.91 Å². The van der Waals surface area contributed by atoms with Gasteiger partial charge in [-0.2, -0.15) is 11.8 Å². The first-order valence-corrected chi connectivity index (χ1v) is 6.49. The molecular weight excluding hydrogens is 196 g/mol. The summed E-state index contributed by atoms with van der Waals surface area (Å²) in [4.78, 5) is 11.6. The third kappa shape index (κ3) is 2.89. The maximum absolute atomic E-state index is 11.6. The number of carbonyl (C=O) groups is 1. The standard InChI is InChI=1S/C10H18N2OS/c11-10(3-4-10)7-9(13)12-8-1-5-14-6-2-8/h8H,1-7,11H2,(H,12,13). The molecule has 0 aromatic rings. The molecule has 0 spiro atoms. The predicted molar refractivity (Wildman–Crippen MR) is 59.3 cm³/mol. The molecule has 2 aliphatic rings. The van der Waals surface area contributed by atoms with E-state index in [0.29, 0.717) is 12.5 Å². The van der Waals surface area contributed by atoms with Gasteiger partial charge in [0.25, 0.3) is 0 Å². The van der Waals surface area contributed by atoms with Gasteiger partial charge in [0.05, 0.1) is 0 Å². The van der Waals surface area contributed by atoms with Crippen molar-refractivity contribution >= 4 is 17.7 Å². The van der Waals surface area contributed by atoms with Crippen LogP contribution in [0.25, 0.3) is 0 Å². The Balaban J connectivity index is 1.70. The molecule has 0 radical (unpaired) electrons. The van der Waals surface area contributed by atoms with E-state index < -0.39 is 0 Å². The molecule has 1 saturated carbocycles. The number of amides is 1. The number of thioether (sulfide) groups is 1. The monoisotopic (exact) mass is 214 g/mol. The molecule has 3 nitrogen and oxygen atoms in total. The zero-order valence-electron chi connectivity index (χ0n) is 8.42. The van der Waals surface area contributed by atoms with Crippen molar-refractivity contribution in [1.29, 1.82) is 0 Å². The summed E-state index contributed by atoms with van der Waals surface area (Å²) in [6.45, 7) is 0. The molecule has 0 unspecified atom stereocenters. The summed E-state index contributed by atoms with van der Waals surface area (Å²) in [5.41, 5.74) is 5.74. The van der Waals surface area contributed by atoms with Gasteiger partial charge in [-0.1, -0.05) is 0 Å². The molecule has 0 aromatic heterocycles. The van der Waals surface area contributed by atoms with Crippen LogP contribution in [0.4, 0.5) is 0 Å². The molecule has 1 amide bonds. The van der Waals surface area contributed by atoms with E-state index in [1.165, 1.54) is 11.5 Å². The van der Waals surface area contributed by atoms with Crippen molar-refractivity contribution in [3.05, 3.63) is 0 Å². The Kier molecular flexibility index (Phi) is 3.02. The van der Waals surface area contributed by atoms with Crippen molar-refractivity contribution in [2.45, 2.75) is 43.7 Å². The highest BCUT2D eigenvalue weighted by Crippen LogP contribution is 2.35. The fourth-order valence-corrected chi connectivity index (χ4v) is 2.88. The summed E-state index contributed by atoms with van der Waals surface area (Å²) < 4.78 is 0. The van der Waals surface area contributed by atoms with Crippen LogP contribution < -0.4 is 11.1 Å². The lowest BCUT2D eigenvalue weighted by Gasteiger charge is -2.23. The number of rotatable bonds is 3. The van der Waals surface area contributed by atoms with Gasteiger partial charge in [0.1, 0.15) is 0 Å². The smallest absolute Gasteiger partial charge is 0.222 e. The van der Waals surface area contributed by atoms with Crippen molar-refractivity contribution in [3.63, 3.8) is 0 Å². The Morgan fingerprint density at radius 1 is 1.43 bits per heavy atom. The average molecular weight is 214 g/mol. The minimum Gasteiger partial charge on any atom is -0.353 e. The van der Waals surface area contributed by atoms with Crippen LogP contribution in [0.1, 0.15) is 32.1 Å². The number of hydrogen-bond acceptors (Lipinski definition) is 3. The molecule has 0 bridgehead atoms. The molecule has 3 N–H and O–H groups in total. The van der Waals surface area contributed by atoms with Crippen LogP contribution in [0, 0.1) is 0 Å². The number of nitrogens with two attached hydrogens (primary N) is 1. The Labute approximate surface area is 89.2 Å². The average Bonchev–Trinajstić information content (AvgIpc) is 2.84.